The maximum absolute atomic E-state index is 12.8. The minimum atomic E-state index is -5.05. The van der Waals surface area contributed by atoms with Gasteiger partial charge in [0.2, 0.25) is 0 Å². The Morgan fingerprint density at radius 3 is 2.48 bits per heavy atom. The molecule has 0 atom stereocenters. The van der Waals surface area contributed by atoms with E-state index in [2.05, 4.69) is 9.72 Å². The van der Waals surface area contributed by atoms with Crippen LogP contribution in [0.5, 0.6) is 0 Å². The van der Waals surface area contributed by atoms with Crippen LogP contribution in [0, 0.1) is 0 Å². The first kappa shape index (κ1) is 17.3. The average molecular weight is 312 g/mol. The highest BCUT2D eigenvalue weighted by Crippen LogP contribution is 2.36. The second kappa shape index (κ2) is 6.79. The van der Waals surface area contributed by atoms with Gasteiger partial charge in [0.25, 0.3) is 6.43 Å². The number of hydrogen-bond acceptors (Lipinski definition) is 4. The van der Waals surface area contributed by atoms with Gasteiger partial charge in [-0.1, -0.05) is 0 Å². The van der Waals surface area contributed by atoms with Crippen LogP contribution in [0.3, 0.4) is 0 Å². The molecule has 0 radical (unpaired) electrons. The molecule has 0 saturated carbocycles. The molecule has 0 fully saturated rings. The fraction of sp³-hybridized carbons (Fsp3) is 0.500. The van der Waals surface area contributed by atoms with Gasteiger partial charge in [-0.3, -0.25) is 4.79 Å². The molecule has 1 heterocycles. The van der Waals surface area contributed by atoms with Gasteiger partial charge < -0.3 is 10.5 Å². The lowest BCUT2D eigenvalue weighted by Crippen LogP contribution is -2.19. The molecule has 0 aliphatic rings. The Kier molecular flexibility index (Phi) is 5.59. The fourth-order valence-corrected chi connectivity index (χ4v) is 1.68. The Labute approximate surface area is 117 Å². The van der Waals surface area contributed by atoms with Crippen molar-refractivity contribution in [2.75, 3.05) is 6.61 Å². The molecule has 0 aromatic carbocycles. The molecule has 1 aromatic rings. The first-order valence-electron chi connectivity index (χ1n) is 5.94. The number of pyridine rings is 1. The van der Waals surface area contributed by atoms with Gasteiger partial charge in [0.1, 0.15) is 0 Å². The minimum Gasteiger partial charge on any atom is -0.466 e. The second-order valence-electron chi connectivity index (χ2n) is 4.02. The van der Waals surface area contributed by atoms with Gasteiger partial charge in [-0.15, -0.1) is 0 Å². The quantitative estimate of drug-likeness (QED) is 0.670. The largest absolute Gasteiger partial charge is 0.466 e. The molecule has 4 nitrogen and oxygen atoms in total. The number of halogens is 5. The molecule has 118 valence electrons. The standard InChI is InChI=1S/C12H13F5N2O2/c1-2-21-9(20)4-8-6(5-18)3-7(11(13)14)10(19-8)12(15,16)17/h3,11H,2,4-5,18H2,1H3. The third kappa shape index (κ3) is 4.35. The molecular weight excluding hydrogens is 299 g/mol. The highest BCUT2D eigenvalue weighted by Gasteiger charge is 2.38. The number of carbonyl (C=O) groups excluding carboxylic acids is 1. The van der Waals surface area contributed by atoms with Gasteiger partial charge >= 0.3 is 12.1 Å². The predicted molar refractivity (Wildman–Crippen MR) is 62.4 cm³/mol. The lowest BCUT2D eigenvalue weighted by molar-refractivity contribution is -0.145. The zero-order valence-corrected chi connectivity index (χ0v) is 11.0. The smallest absolute Gasteiger partial charge is 0.433 e. The number of nitrogens with zero attached hydrogens (tertiary/aromatic N) is 1. The zero-order valence-electron chi connectivity index (χ0n) is 11.0. The summed E-state index contributed by atoms with van der Waals surface area (Å²) >= 11 is 0. The fourth-order valence-electron chi connectivity index (χ4n) is 1.68. The number of alkyl halides is 5. The molecule has 0 aliphatic carbocycles. The molecule has 0 bridgehead atoms. The lowest BCUT2D eigenvalue weighted by Gasteiger charge is -2.16. The van der Waals surface area contributed by atoms with E-state index < -0.39 is 36.2 Å². The van der Waals surface area contributed by atoms with Crippen LogP contribution < -0.4 is 5.73 Å². The van der Waals surface area contributed by atoms with E-state index in [1.807, 2.05) is 0 Å². The number of nitrogens with two attached hydrogens (primary N) is 1. The molecule has 21 heavy (non-hydrogen) atoms. The summed E-state index contributed by atoms with van der Waals surface area (Å²) in [6, 6.07) is 0.634. The molecule has 0 unspecified atom stereocenters. The summed E-state index contributed by atoms with van der Waals surface area (Å²) in [5.41, 5.74) is 1.98. The summed E-state index contributed by atoms with van der Waals surface area (Å²) in [7, 11) is 0. The van der Waals surface area contributed by atoms with E-state index in [0.29, 0.717) is 6.07 Å². The molecule has 0 saturated heterocycles. The summed E-state index contributed by atoms with van der Waals surface area (Å²) in [4.78, 5) is 14.5. The SMILES string of the molecule is CCOC(=O)Cc1nc(C(F)(F)F)c(C(F)F)cc1CN. The summed E-state index contributed by atoms with van der Waals surface area (Å²) in [5.74, 6) is -0.808. The third-order valence-corrected chi connectivity index (χ3v) is 2.56. The number of ether oxygens (including phenoxy) is 1. The number of rotatable bonds is 5. The van der Waals surface area contributed by atoms with Crippen molar-refractivity contribution in [2.45, 2.75) is 32.5 Å². The van der Waals surface area contributed by atoms with Crippen LogP contribution in [0.4, 0.5) is 22.0 Å². The van der Waals surface area contributed by atoms with Crippen molar-refractivity contribution < 1.29 is 31.5 Å². The predicted octanol–water partition coefficient (Wildman–Crippen LogP) is 2.60. The molecule has 1 rings (SSSR count). The van der Waals surface area contributed by atoms with Crippen molar-refractivity contribution in [3.05, 3.63) is 28.6 Å². The first-order valence-corrected chi connectivity index (χ1v) is 5.94. The van der Waals surface area contributed by atoms with Crippen LogP contribution in [0.1, 0.15) is 35.9 Å². The van der Waals surface area contributed by atoms with Crippen LogP contribution in [0.25, 0.3) is 0 Å². The van der Waals surface area contributed by atoms with Gasteiger partial charge in [0.15, 0.2) is 5.69 Å². The number of esters is 1. The summed E-state index contributed by atoms with van der Waals surface area (Å²) in [5, 5.41) is 0. The number of hydrogen-bond donors (Lipinski definition) is 1. The van der Waals surface area contributed by atoms with Gasteiger partial charge in [0, 0.05) is 12.1 Å². The Bertz CT molecular complexity index is 517. The number of aromatic nitrogens is 1. The third-order valence-electron chi connectivity index (χ3n) is 2.56. The normalized spacial score (nSPS) is 11.8. The van der Waals surface area contributed by atoms with E-state index in [4.69, 9.17) is 5.73 Å². The monoisotopic (exact) mass is 312 g/mol. The van der Waals surface area contributed by atoms with Crippen molar-refractivity contribution in [1.29, 1.82) is 0 Å². The highest BCUT2D eigenvalue weighted by molar-refractivity contribution is 5.72. The van der Waals surface area contributed by atoms with Crippen molar-refractivity contribution in [3.63, 3.8) is 0 Å². The molecule has 2 N–H and O–H groups in total. The van der Waals surface area contributed by atoms with E-state index in [1.165, 1.54) is 6.92 Å². The van der Waals surface area contributed by atoms with Gasteiger partial charge in [0.05, 0.1) is 18.7 Å². The topological polar surface area (TPSA) is 65.2 Å². The summed E-state index contributed by atoms with van der Waals surface area (Å²) in [6.45, 7) is 1.24. The van der Waals surface area contributed by atoms with E-state index in [9.17, 15) is 26.7 Å². The van der Waals surface area contributed by atoms with Gasteiger partial charge in [-0.05, 0) is 18.6 Å². The van der Waals surface area contributed by atoms with Crippen LogP contribution in [0.15, 0.2) is 6.07 Å². The van der Waals surface area contributed by atoms with E-state index >= 15 is 0 Å². The van der Waals surface area contributed by atoms with Crippen LogP contribution in [-0.4, -0.2) is 17.6 Å². The Morgan fingerprint density at radius 2 is 2.05 bits per heavy atom. The van der Waals surface area contributed by atoms with E-state index in [-0.39, 0.29) is 24.4 Å². The molecule has 1 aromatic heterocycles. The van der Waals surface area contributed by atoms with Crippen LogP contribution in [0.2, 0.25) is 0 Å². The zero-order chi connectivity index (χ0) is 16.2. The van der Waals surface area contributed by atoms with Crippen molar-refractivity contribution in [2.24, 2.45) is 5.73 Å². The summed E-state index contributed by atoms with van der Waals surface area (Å²) < 4.78 is 68.3. The summed E-state index contributed by atoms with van der Waals surface area (Å²) in [6.07, 6.45) is -8.97. The molecule has 0 spiro atoms. The van der Waals surface area contributed by atoms with E-state index in [1.54, 1.807) is 0 Å². The number of carbonyl (C=O) groups is 1. The Morgan fingerprint density at radius 1 is 1.43 bits per heavy atom. The van der Waals surface area contributed by atoms with Gasteiger partial charge in [-0.2, -0.15) is 13.2 Å². The highest BCUT2D eigenvalue weighted by atomic mass is 19.4. The first-order chi connectivity index (χ1) is 9.70. The molecular formula is C12H13F5N2O2. The molecule has 0 aliphatic heterocycles. The van der Waals surface area contributed by atoms with Gasteiger partial charge in [-0.25, -0.2) is 13.8 Å². The van der Waals surface area contributed by atoms with Crippen LogP contribution >= 0.6 is 0 Å². The van der Waals surface area contributed by atoms with Crippen molar-refractivity contribution in [3.8, 4) is 0 Å². The second-order valence-corrected chi connectivity index (χ2v) is 4.02. The average Bonchev–Trinajstić information content (AvgIpc) is 2.37. The lowest BCUT2D eigenvalue weighted by atomic mass is 10.1. The Balaban J connectivity index is 3.34. The van der Waals surface area contributed by atoms with Crippen molar-refractivity contribution in [1.82, 2.24) is 4.98 Å². The maximum Gasteiger partial charge on any atom is 0.433 e. The van der Waals surface area contributed by atoms with Crippen LogP contribution in [-0.2, 0) is 28.7 Å². The maximum atomic E-state index is 12.8. The Hall–Kier alpha value is -1.77. The minimum absolute atomic E-state index is 0.0397. The molecule has 9 heteroatoms. The van der Waals surface area contributed by atoms with Crippen molar-refractivity contribution >= 4 is 5.97 Å². The molecule has 0 amide bonds. The van der Waals surface area contributed by atoms with E-state index in [0.717, 1.165) is 0 Å².